The van der Waals surface area contributed by atoms with Gasteiger partial charge in [0.25, 0.3) is 5.91 Å². The van der Waals surface area contributed by atoms with Crippen LogP contribution in [0.25, 0.3) is 11.0 Å². The molecule has 1 aliphatic heterocycles. The van der Waals surface area contributed by atoms with Gasteiger partial charge in [0.2, 0.25) is 5.76 Å². The van der Waals surface area contributed by atoms with Crippen molar-refractivity contribution in [3.8, 4) is 17.2 Å². The van der Waals surface area contributed by atoms with Crippen LogP contribution in [-0.2, 0) is 0 Å². The summed E-state index contributed by atoms with van der Waals surface area (Å²) in [5.74, 6) is 0.0918. The third-order valence-electron chi connectivity index (χ3n) is 5.96. The van der Waals surface area contributed by atoms with Crippen molar-refractivity contribution in [2.24, 2.45) is 0 Å². The van der Waals surface area contributed by atoms with Crippen LogP contribution in [0.3, 0.4) is 0 Å². The molecule has 0 radical (unpaired) electrons. The van der Waals surface area contributed by atoms with Crippen molar-refractivity contribution in [3.05, 3.63) is 92.3 Å². The van der Waals surface area contributed by atoms with E-state index >= 15 is 0 Å². The Labute approximate surface area is 199 Å². The van der Waals surface area contributed by atoms with E-state index in [1.165, 1.54) is 25.2 Å². The van der Waals surface area contributed by atoms with Crippen molar-refractivity contribution in [1.82, 2.24) is 0 Å². The zero-order chi connectivity index (χ0) is 24.1. The van der Waals surface area contributed by atoms with Gasteiger partial charge in [-0.05, 0) is 55.0 Å². The van der Waals surface area contributed by atoms with E-state index in [2.05, 4.69) is 0 Å². The van der Waals surface area contributed by atoms with Crippen LogP contribution in [0.2, 0.25) is 5.02 Å². The third kappa shape index (κ3) is 3.28. The highest BCUT2D eigenvalue weighted by Gasteiger charge is 2.44. The number of ether oxygens (including phenoxy) is 2. The monoisotopic (exact) mass is 477 g/mol. The Morgan fingerprint density at radius 2 is 1.74 bits per heavy atom. The first-order chi connectivity index (χ1) is 16.3. The molecule has 1 unspecified atom stereocenters. The lowest BCUT2D eigenvalue weighted by atomic mass is 9.97. The predicted molar refractivity (Wildman–Crippen MR) is 129 cm³/mol. The quantitative estimate of drug-likeness (QED) is 0.433. The van der Waals surface area contributed by atoms with Gasteiger partial charge in [-0.25, -0.2) is 0 Å². The third-order valence-corrected chi connectivity index (χ3v) is 6.25. The fourth-order valence-corrected chi connectivity index (χ4v) is 4.59. The number of methoxy groups -OCH3 is 2. The van der Waals surface area contributed by atoms with Gasteiger partial charge in [-0.2, -0.15) is 0 Å². The van der Waals surface area contributed by atoms with Crippen LogP contribution in [-0.4, -0.2) is 25.2 Å². The van der Waals surface area contributed by atoms with Crippen molar-refractivity contribution >= 4 is 34.2 Å². The van der Waals surface area contributed by atoms with Crippen LogP contribution in [0.15, 0.2) is 63.8 Å². The van der Waals surface area contributed by atoms with Crippen molar-refractivity contribution in [2.75, 3.05) is 19.1 Å². The van der Waals surface area contributed by atoms with Crippen LogP contribution in [0.5, 0.6) is 17.2 Å². The Balaban J connectivity index is 1.81. The van der Waals surface area contributed by atoms with Crippen LogP contribution in [0, 0.1) is 6.92 Å². The normalized spacial score (nSPS) is 15.0. The van der Waals surface area contributed by atoms with E-state index in [0.29, 0.717) is 33.0 Å². The number of fused-ring (bicyclic) bond motifs is 2. The Bertz CT molecular complexity index is 1530. The first-order valence-corrected chi connectivity index (χ1v) is 10.8. The number of carbonyl (C=O) groups excluding carboxylic acids is 1. The van der Waals surface area contributed by atoms with Gasteiger partial charge in [-0.15, -0.1) is 0 Å². The number of aryl methyl sites for hydroxylation is 1. The van der Waals surface area contributed by atoms with E-state index in [-0.39, 0.29) is 28.3 Å². The molecule has 172 valence electrons. The summed E-state index contributed by atoms with van der Waals surface area (Å²) in [6, 6.07) is 14.1. The van der Waals surface area contributed by atoms with E-state index in [9.17, 15) is 14.7 Å². The molecule has 2 heterocycles. The minimum Gasteiger partial charge on any atom is -0.504 e. The molecule has 0 fully saturated rings. The summed E-state index contributed by atoms with van der Waals surface area (Å²) in [5, 5.41) is 10.8. The van der Waals surface area contributed by atoms with Gasteiger partial charge in [-0.3, -0.25) is 14.5 Å². The lowest BCUT2D eigenvalue weighted by Crippen LogP contribution is -2.29. The summed E-state index contributed by atoms with van der Waals surface area (Å²) in [7, 11) is 2.93. The fourth-order valence-electron chi connectivity index (χ4n) is 4.34. The second-order valence-corrected chi connectivity index (χ2v) is 8.41. The van der Waals surface area contributed by atoms with Crippen LogP contribution < -0.4 is 19.8 Å². The van der Waals surface area contributed by atoms with E-state index in [0.717, 1.165) is 5.56 Å². The number of rotatable bonds is 4. The molecule has 8 heteroatoms. The average Bonchev–Trinajstić information content (AvgIpc) is 3.12. The Morgan fingerprint density at radius 1 is 0.971 bits per heavy atom. The van der Waals surface area contributed by atoms with Gasteiger partial charge in [0, 0.05) is 5.69 Å². The Morgan fingerprint density at radius 3 is 2.44 bits per heavy atom. The molecule has 3 aromatic carbocycles. The van der Waals surface area contributed by atoms with E-state index < -0.39 is 11.9 Å². The maximum absolute atomic E-state index is 13.7. The maximum atomic E-state index is 13.7. The topological polar surface area (TPSA) is 89.2 Å². The number of benzene rings is 3. The fraction of sp³-hybridized carbons (Fsp3) is 0.154. The zero-order valence-electron chi connectivity index (χ0n) is 18.6. The molecule has 0 saturated heterocycles. The molecule has 0 saturated carbocycles. The molecule has 5 rings (SSSR count). The number of phenolic OH excluding ortho intramolecular Hbond substituents is 1. The Kier molecular flexibility index (Phi) is 5.21. The average molecular weight is 478 g/mol. The molecule has 1 aliphatic rings. The van der Waals surface area contributed by atoms with Crippen molar-refractivity contribution in [2.45, 2.75) is 13.0 Å². The van der Waals surface area contributed by atoms with Crippen LogP contribution >= 0.6 is 11.6 Å². The highest BCUT2D eigenvalue weighted by atomic mass is 35.5. The minimum atomic E-state index is -0.831. The van der Waals surface area contributed by atoms with Crippen molar-refractivity contribution in [1.29, 1.82) is 0 Å². The van der Waals surface area contributed by atoms with Gasteiger partial charge < -0.3 is 19.0 Å². The zero-order valence-corrected chi connectivity index (χ0v) is 19.3. The molecular weight excluding hydrogens is 458 g/mol. The summed E-state index contributed by atoms with van der Waals surface area (Å²) in [5.41, 5.74) is 2.16. The van der Waals surface area contributed by atoms with E-state index in [1.807, 2.05) is 13.0 Å². The van der Waals surface area contributed by atoms with Gasteiger partial charge in [-0.1, -0.05) is 29.3 Å². The molecule has 1 atom stereocenters. The highest BCUT2D eigenvalue weighted by molar-refractivity contribution is 6.32. The molecule has 34 heavy (non-hydrogen) atoms. The number of aromatic hydroxyl groups is 1. The number of hydrogen-bond acceptors (Lipinski definition) is 6. The second kappa shape index (κ2) is 8.11. The molecular formula is C26H20ClNO6. The SMILES string of the molecule is COc1cc(C2c3c(oc4ccc(C)cc4c3=O)C(=O)N2c2ccc(OC)c(Cl)c2)ccc1O. The van der Waals surface area contributed by atoms with Crippen molar-refractivity contribution in [3.63, 3.8) is 0 Å². The Hall–Kier alpha value is -3.97. The standard InChI is InChI=1S/C26H20ClNO6/c1-13-4-8-19-16(10-13)24(30)22-23(14-5-7-18(29)21(11-14)33-3)28(26(31)25(22)34-19)15-6-9-20(32-2)17(27)12-15/h4-12,23,29H,1-3H3. The predicted octanol–water partition coefficient (Wildman–Crippen LogP) is 5.23. The molecule has 0 bridgehead atoms. The summed E-state index contributed by atoms with van der Waals surface area (Å²) >= 11 is 6.36. The smallest absolute Gasteiger partial charge is 0.295 e. The summed E-state index contributed by atoms with van der Waals surface area (Å²) in [6.07, 6.45) is 0. The molecule has 1 aromatic heterocycles. The molecule has 7 nitrogen and oxygen atoms in total. The van der Waals surface area contributed by atoms with Gasteiger partial charge in [0.15, 0.2) is 16.9 Å². The molecule has 4 aromatic rings. The van der Waals surface area contributed by atoms with Crippen LogP contribution in [0.4, 0.5) is 5.69 Å². The number of nitrogens with zero attached hydrogens (tertiary/aromatic N) is 1. The summed E-state index contributed by atoms with van der Waals surface area (Å²) < 4.78 is 16.5. The summed E-state index contributed by atoms with van der Waals surface area (Å²) in [4.78, 5) is 28.8. The number of amides is 1. The second-order valence-electron chi connectivity index (χ2n) is 8.00. The lowest BCUT2D eigenvalue weighted by molar-refractivity contribution is 0.0971. The molecule has 1 amide bonds. The van der Waals surface area contributed by atoms with Crippen LogP contribution in [0.1, 0.15) is 33.3 Å². The van der Waals surface area contributed by atoms with E-state index in [4.69, 9.17) is 25.5 Å². The number of halogens is 1. The maximum Gasteiger partial charge on any atom is 0.295 e. The number of phenols is 1. The minimum absolute atomic E-state index is 0.0367. The van der Waals surface area contributed by atoms with E-state index in [1.54, 1.807) is 42.5 Å². The van der Waals surface area contributed by atoms with Crippen molar-refractivity contribution < 1.29 is 23.8 Å². The number of anilines is 1. The van der Waals surface area contributed by atoms with Gasteiger partial charge >= 0.3 is 0 Å². The number of carbonyl (C=O) groups is 1. The molecule has 1 N–H and O–H groups in total. The molecule has 0 aliphatic carbocycles. The lowest BCUT2D eigenvalue weighted by Gasteiger charge is -2.26. The summed E-state index contributed by atoms with van der Waals surface area (Å²) in [6.45, 7) is 1.88. The first kappa shape index (κ1) is 21.9. The van der Waals surface area contributed by atoms with Gasteiger partial charge in [0.05, 0.1) is 36.2 Å². The van der Waals surface area contributed by atoms with Gasteiger partial charge in [0.1, 0.15) is 11.3 Å². The largest absolute Gasteiger partial charge is 0.504 e. The highest BCUT2D eigenvalue weighted by Crippen LogP contribution is 2.44. The first-order valence-electron chi connectivity index (χ1n) is 10.5. The number of hydrogen-bond donors (Lipinski definition) is 1. The molecule has 0 spiro atoms.